The lowest BCUT2D eigenvalue weighted by molar-refractivity contribution is 0.509. The summed E-state index contributed by atoms with van der Waals surface area (Å²) in [6.07, 6.45) is 0. The van der Waals surface area contributed by atoms with Crippen LogP contribution in [0.1, 0.15) is 0 Å². The van der Waals surface area contributed by atoms with Crippen molar-refractivity contribution < 1.29 is 8.78 Å². The number of nitrogens with two attached hydrogens (primary N) is 1. The van der Waals surface area contributed by atoms with E-state index in [0.29, 0.717) is 11.4 Å². The van der Waals surface area contributed by atoms with Gasteiger partial charge in [-0.2, -0.15) is 0 Å². The summed E-state index contributed by atoms with van der Waals surface area (Å²) < 4.78 is 25.8. The van der Waals surface area contributed by atoms with Crippen LogP contribution in [0.25, 0.3) is 0 Å². The van der Waals surface area contributed by atoms with Crippen LogP contribution in [0.5, 0.6) is 0 Å². The summed E-state index contributed by atoms with van der Waals surface area (Å²) >= 11 is 0. The Labute approximate surface area is 108 Å². The van der Waals surface area contributed by atoms with Gasteiger partial charge in [0, 0.05) is 11.8 Å². The largest absolute Gasteiger partial charge is 0.325 e. The molecule has 4 nitrogen and oxygen atoms in total. The summed E-state index contributed by atoms with van der Waals surface area (Å²) in [7, 11) is 0. The van der Waals surface area contributed by atoms with Crippen LogP contribution in [-0.4, -0.2) is 5.96 Å². The highest BCUT2D eigenvalue weighted by Crippen LogP contribution is 2.14. The highest BCUT2D eigenvalue weighted by molar-refractivity contribution is 5.94. The lowest BCUT2D eigenvalue weighted by atomic mass is 10.3. The van der Waals surface area contributed by atoms with Crippen LogP contribution in [-0.2, 0) is 0 Å². The molecule has 0 unspecified atom stereocenters. The number of halogens is 2. The average Bonchev–Trinajstić information content (AvgIpc) is 2.43. The summed E-state index contributed by atoms with van der Waals surface area (Å²) in [6.45, 7) is 0. The van der Waals surface area contributed by atoms with Gasteiger partial charge in [-0.05, 0) is 24.3 Å². The van der Waals surface area contributed by atoms with E-state index in [-0.39, 0.29) is 5.96 Å². The van der Waals surface area contributed by atoms with E-state index in [0.717, 1.165) is 12.1 Å². The lowest BCUT2D eigenvalue weighted by Gasteiger charge is -2.09. The molecule has 0 aliphatic carbocycles. The molecule has 0 bridgehead atoms. The van der Waals surface area contributed by atoms with Gasteiger partial charge in [-0.15, -0.1) is 0 Å². The second-order valence-corrected chi connectivity index (χ2v) is 3.69. The fourth-order valence-electron chi connectivity index (χ4n) is 1.44. The maximum Gasteiger partial charge on any atom is 0.215 e. The van der Waals surface area contributed by atoms with E-state index in [4.69, 9.17) is 5.84 Å². The zero-order valence-corrected chi connectivity index (χ0v) is 9.90. The molecule has 0 radical (unpaired) electrons. The molecule has 0 saturated carbocycles. The molecule has 6 heteroatoms. The molecule has 0 heterocycles. The van der Waals surface area contributed by atoms with Crippen molar-refractivity contribution in [1.29, 1.82) is 0 Å². The van der Waals surface area contributed by atoms with Crippen molar-refractivity contribution in [3.63, 3.8) is 0 Å². The molecule has 0 fully saturated rings. The van der Waals surface area contributed by atoms with Crippen molar-refractivity contribution in [3.05, 3.63) is 60.2 Å². The lowest BCUT2D eigenvalue weighted by Crippen LogP contribution is -2.36. The SMILES string of the molecule is NNC(=Nc1ccccc1)Nc1ccc(F)c(F)c1. The van der Waals surface area contributed by atoms with Gasteiger partial charge >= 0.3 is 0 Å². The van der Waals surface area contributed by atoms with Gasteiger partial charge in [0.1, 0.15) is 0 Å². The summed E-state index contributed by atoms with van der Waals surface area (Å²) in [4.78, 5) is 4.18. The van der Waals surface area contributed by atoms with E-state index in [2.05, 4.69) is 15.7 Å². The van der Waals surface area contributed by atoms with Gasteiger partial charge in [0.15, 0.2) is 11.6 Å². The number of aliphatic imine (C=N–C) groups is 1. The normalized spacial score (nSPS) is 11.2. The number of anilines is 1. The monoisotopic (exact) mass is 262 g/mol. The molecule has 0 atom stereocenters. The highest BCUT2D eigenvalue weighted by atomic mass is 19.2. The molecule has 0 saturated heterocycles. The van der Waals surface area contributed by atoms with Crippen LogP contribution >= 0.6 is 0 Å². The minimum atomic E-state index is -0.943. The van der Waals surface area contributed by atoms with E-state index >= 15 is 0 Å². The minimum absolute atomic E-state index is 0.220. The Bertz CT molecular complexity index is 584. The molecule has 0 aliphatic rings. The third-order valence-corrected chi connectivity index (χ3v) is 2.32. The molecule has 0 spiro atoms. The smallest absolute Gasteiger partial charge is 0.215 e. The van der Waals surface area contributed by atoms with Gasteiger partial charge in [-0.3, -0.25) is 5.43 Å². The first kappa shape index (κ1) is 13.0. The molecule has 2 aromatic carbocycles. The predicted molar refractivity (Wildman–Crippen MR) is 70.8 cm³/mol. The van der Waals surface area contributed by atoms with Gasteiger partial charge in [0.2, 0.25) is 5.96 Å². The van der Waals surface area contributed by atoms with E-state index < -0.39 is 11.6 Å². The molecule has 2 aromatic rings. The topological polar surface area (TPSA) is 62.4 Å². The zero-order chi connectivity index (χ0) is 13.7. The molecular formula is C13H12F2N4. The maximum atomic E-state index is 13.1. The van der Waals surface area contributed by atoms with Crippen molar-refractivity contribution in [3.8, 4) is 0 Å². The van der Waals surface area contributed by atoms with E-state index in [1.54, 1.807) is 12.1 Å². The quantitative estimate of drug-likeness (QED) is 0.337. The Kier molecular flexibility index (Phi) is 4.04. The Morgan fingerprint density at radius 1 is 1.00 bits per heavy atom. The first-order valence-electron chi connectivity index (χ1n) is 5.51. The predicted octanol–water partition coefficient (Wildman–Crippen LogP) is 2.53. The third-order valence-electron chi connectivity index (χ3n) is 2.32. The highest BCUT2D eigenvalue weighted by Gasteiger charge is 2.04. The van der Waals surface area contributed by atoms with Gasteiger partial charge in [0.05, 0.1) is 5.69 Å². The number of hydrogen-bond donors (Lipinski definition) is 3. The van der Waals surface area contributed by atoms with Gasteiger partial charge in [-0.1, -0.05) is 18.2 Å². The number of guanidine groups is 1. The van der Waals surface area contributed by atoms with E-state index in [1.807, 2.05) is 18.2 Å². The second kappa shape index (κ2) is 5.92. The van der Waals surface area contributed by atoms with Crippen LogP contribution in [0, 0.1) is 11.6 Å². The average molecular weight is 262 g/mol. The van der Waals surface area contributed by atoms with Crippen LogP contribution in [0.15, 0.2) is 53.5 Å². The summed E-state index contributed by atoms with van der Waals surface area (Å²) in [5.74, 6) is 3.69. The summed E-state index contributed by atoms with van der Waals surface area (Å²) in [5.41, 5.74) is 3.37. The van der Waals surface area contributed by atoms with Crippen molar-refractivity contribution >= 4 is 17.3 Å². The van der Waals surface area contributed by atoms with Crippen LogP contribution in [0.4, 0.5) is 20.2 Å². The van der Waals surface area contributed by atoms with Crippen LogP contribution in [0.2, 0.25) is 0 Å². The Balaban J connectivity index is 2.19. The molecule has 0 amide bonds. The van der Waals surface area contributed by atoms with Gasteiger partial charge < -0.3 is 5.32 Å². The number of hydrazine groups is 1. The molecule has 0 aromatic heterocycles. The first-order valence-corrected chi connectivity index (χ1v) is 5.51. The molecule has 98 valence electrons. The van der Waals surface area contributed by atoms with Crippen molar-refractivity contribution in [2.45, 2.75) is 0 Å². The molecule has 0 aliphatic heterocycles. The third kappa shape index (κ3) is 3.49. The number of hydrogen-bond acceptors (Lipinski definition) is 2. The van der Waals surface area contributed by atoms with E-state index in [9.17, 15) is 8.78 Å². The number of rotatable bonds is 2. The Morgan fingerprint density at radius 2 is 1.74 bits per heavy atom. The second-order valence-electron chi connectivity index (χ2n) is 3.69. The summed E-state index contributed by atoms with van der Waals surface area (Å²) in [5, 5.41) is 2.75. The molecule has 2 rings (SSSR count). The van der Waals surface area contributed by atoms with E-state index in [1.165, 1.54) is 6.07 Å². The van der Waals surface area contributed by atoms with Crippen molar-refractivity contribution in [1.82, 2.24) is 5.43 Å². The maximum absolute atomic E-state index is 13.1. The summed E-state index contributed by atoms with van der Waals surface area (Å²) in [6, 6.07) is 12.5. The number of nitrogens with one attached hydrogen (secondary N) is 2. The van der Waals surface area contributed by atoms with Crippen LogP contribution in [0.3, 0.4) is 0 Å². The fraction of sp³-hybridized carbons (Fsp3) is 0. The van der Waals surface area contributed by atoms with Gasteiger partial charge in [0.25, 0.3) is 0 Å². The number of benzene rings is 2. The molecule has 4 N–H and O–H groups in total. The standard InChI is InChI=1S/C13H12F2N4/c14-11-7-6-10(8-12(11)15)18-13(19-16)17-9-4-2-1-3-5-9/h1-8H,16H2,(H2,17,18,19). The number of para-hydroxylation sites is 1. The number of nitrogens with zero attached hydrogens (tertiary/aromatic N) is 1. The zero-order valence-electron chi connectivity index (χ0n) is 9.90. The Hall–Kier alpha value is -2.47. The van der Waals surface area contributed by atoms with Crippen molar-refractivity contribution in [2.24, 2.45) is 10.8 Å². The Morgan fingerprint density at radius 3 is 2.37 bits per heavy atom. The first-order chi connectivity index (χ1) is 9.19. The van der Waals surface area contributed by atoms with Crippen molar-refractivity contribution in [2.75, 3.05) is 5.32 Å². The molecule has 19 heavy (non-hydrogen) atoms. The minimum Gasteiger partial charge on any atom is -0.325 e. The van der Waals surface area contributed by atoms with Gasteiger partial charge in [-0.25, -0.2) is 19.6 Å². The fourth-order valence-corrected chi connectivity index (χ4v) is 1.44. The molecular weight excluding hydrogens is 250 g/mol. The van der Waals surface area contributed by atoms with Crippen LogP contribution < -0.4 is 16.6 Å².